The molecule has 2 N–H and O–H groups in total. The SMILES string of the molecule is CCc1cccc(Br)c1N. The summed E-state index contributed by atoms with van der Waals surface area (Å²) in [6.07, 6.45) is 0.991. The van der Waals surface area contributed by atoms with Crippen LogP contribution in [-0.4, -0.2) is 0 Å². The van der Waals surface area contributed by atoms with Crippen molar-refractivity contribution >= 4 is 21.6 Å². The molecule has 0 fully saturated rings. The summed E-state index contributed by atoms with van der Waals surface area (Å²) in [4.78, 5) is 0. The van der Waals surface area contributed by atoms with E-state index in [1.165, 1.54) is 5.56 Å². The number of nitrogen functional groups attached to an aromatic ring is 1. The normalized spacial score (nSPS) is 9.80. The van der Waals surface area contributed by atoms with Gasteiger partial charge in [-0.25, -0.2) is 0 Å². The predicted octanol–water partition coefficient (Wildman–Crippen LogP) is 2.59. The van der Waals surface area contributed by atoms with E-state index in [9.17, 15) is 0 Å². The number of anilines is 1. The quantitative estimate of drug-likeness (QED) is 0.692. The maximum Gasteiger partial charge on any atom is 0.0490 e. The van der Waals surface area contributed by atoms with Gasteiger partial charge in [-0.05, 0) is 34.0 Å². The van der Waals surface area contributed by atoms with Crippen molar-refractivity contribution in [3.8, 4) is 0 Å². The largest absolute Gasteiger partial charge is 0.398 e. The van der Waals surface area contributed by atoms with Crippen LogP contribution in [0.3, 0.4) is 0 Å². The summed E-state index contributed by atoms with van der Waals surface area (Å²) >= 11 is 3.36. The molecule has 0 amide bonds. The first-order valence-corrected chi connectivity index (χ1v) is 4.08. The fraction of sp³-hybridized carbons (Fsp3) is 0.250. The van der Waals surface area contributed by atoms with Crippen LogP contribution in [0.25, 0.3) is 0 Å². The Labute approximate surface area is 69.4 Å². The standard InChI is InChI=1S/C8H10BrN/c1-2-6-4-3-5-7(9)8(6)10/h3-5H,2,10H2,1H3. The molecule has 2 heteroatoms. The Balaban J connectivity index is 3.14. The minimum absolute atomic E-state index is 0.866. The number of para-hydroxylation sites is 1. The highest BCUT2D eigenvalue weighted by Gasteiger charge is 1.97. The van der Waals surface area contributed by atoms with Crippen LogP contribution in [0.4, 0.5) is 5.69 Å². The smallest absolute Gasteiger partial charge is 0.0490 e. The molecule has 1 aromatic rings. The molecule has 0 heterocycles. The number of aryl methyl sites for hydroxylation is 1. The number of halogens is 1. The van der Waals surface area contributed by atoms with E-state index in [1.54, 1.807) is 0 Å². The second kappa shape index (κ2) is 3.06. The van der Waals surface area contributed by atoms with Crippen LogP contribution in [-0.2, 0) is 6.42 Å². The fourth-order valence-electron chi connectivity index (χ4n) is 0.890. The Morgan fingerprint density at radius 1 is 1.50 bits per heavy atom. The summed E-state index contributed by atoms with van der Waals surface area (Å²) in [7, 11) is 0. The van der Waals surface area contributed by atoms with Gasteiger partial charge in [0.15, 0.2) is 0 Å². The first-order valence-electron chi connectivity index (χ1n) is 3.28. The first-order chi connectivity index (χ1) is 4.75. The van der Waals surface area contributed by atoms with Gasteiger partial charge in [0.1, 0.15) is 0 Å². The van der Waals surface area contributed by atoms with Gasteiger partial charge in [0.05, 0.1) is 0 Å². The van der Waals surface area contributed by atoms with Crippen molar-refractivity contribution in [3.05, 3.63) is 28.2 Å². The molecule has 10 heavy (non-hydrogen) atoms. The van der Waals surface area contributed by atoms with Gasteiger partial charge in [0, 0.05) is 10.2 Å². The van der Waals surface area contributed by atoms with Crippen molar-refractivity contribution in [1.82, 2.24) is 0 Å². The number of nitrogens with two attached hydrogens (primary N) is 1. The van der Waals surface area contributed by atoms with Crippen LogP contribution in [0, 0.1) is 0 Å². The molecule has 0 spiro atoms. The van der Waals surface area contributed by atoms with E-state index < -0.39 is 0 Å². The highest BCUT2D eigenvalue weighted by atomic mass is 79.9. The summed E-state index contributed by atoms with van der Waals surface area (Å²) in [5.41, 5.74) is 7.82. The Morgan fingerprint density at radius 2 is 2.20 bits per heavy atom. The van der Waals surface area contributed by atoms with Gasteiger partial charge in [0.2, 0.25) is 0 Å². The van der Waals surface area contributed by atoms with E-state index in [4.69, 9.17) is 5.73 Å². The van der Waals surface area contributed by atoms with E-state index in [1.807, 2.05) is 18.2 Å². The van der Waals surface area contributed by atoms with E-state index >= 15 is 0 Å². The summed E-state index contributed by atoms with van der Waals surface area (Å²) < 4.78 is 0.992. The molecule has 1 nitrogen and oxygen atoms in total. The zero-order chi connectivity index (χ0) is 7.56. The third kappa shape index (κ3) is 1.32. The third-order valence-corrected chi connectivity index (χ3v) is 2.22. The van der Waals surface area contributed by atoms with Crippen molar-refractivity contribution < 1.29 is 0 Å². The zero-order valence-electron chi connectivity index (χ0n) is 5.89. The monoisotopic (exact) mass is 199 g/mol. The van der Waals surface area contributed by atoms with E-state index in [0.717, 1.165) is 16.6 Å². The molecule has 0 saturated heterocycles. The molecular formula is C8H10BrN. The third-order valence-electron chi connectivity index (χ3n) is 1.52. The number of rotatable bonds is 1. The van der Waals surface area contributed by atoms with Gasteiger partial charge in [-0.2, -0.15) is 0 Å². The molecule has 0 saturated carbocycles. The van der Waals surface area contributed by atoms with Crippen LogP contribution in [0.15, 0.2) is 22.7 Å². The molecular weight excluding hydrogens is 190 g/mol. The molecule has 0 aromatic heterocycles. The van der Waals surface area contributed by atoms with Crippen LogP contribution >= 0.6 is 15.9 Å². The topological polar surface area (TPSA) is 26.0 Å². The lowest BCUT2D eigenvalue weighted by Gasteiger charge is -2.02. The Hall–Kier alpha value is -0.500. The first kappa shape index (κ1) is 7.61. The molecule has 0 atom stereocenters. The van der Waals surface area contributed by atoms with Crippen LogP contribution in [0.1, 0.15) is 12.5 Å². The second-order valence-corrected chi connectivity index (χ2v) is 3.02. The number of hydrogen-bond donors (Lipinski definition) is 1. The van der Waals surface area contributed by atoms with Gasteiger partial charge in [-0.1, -0.05) is 19.1 Å². The lowest BCUT2D eigenvalue weighted by molar-refractivity contribution is 1.14. The van der Waals surface area contributed by atoms with Crippen molar-refractivity contribution in [2.45, 2.75) is 13.3 Å². The van der Waals surface area contributed by atoms with Crippen LogP contribution in [0.2, 0.25) is 0 Å². The molecule has 0 radical (unpaired) electrons. The molecule has 1 aromatic carbocycles. The summed E-state index contributed by atoms with van der Waals surface area (Å²) in [6, 6.07) is 5.99. The molecule has 0 aliphatic rings. The summed E-state index contributed by atoms with van der Waals surface area (Å²) in [5.74, 6) is 0. The van der Waals surface area contributed by atoms with Crippen molar-refractivity contribution in [1.29, 1.82) is 0 Å². The summed E-state index contributed by atoms with van der Waals surface area (Å²) in [6.45, 7) is 2.10. The minimum Gasteiger partial charge on any atom is -0.398 e. The summed E-state index contributed by atoms with van der Waals surface area (Å²) in [5, 5.41) is 0. The highest BCUT2D eigenvalue weighted by molar-refractivity contribution is 9.10. The second-order valence-electron chi connectivity index (χ2n) is 2.17. The Kier molecular flexibility index (Phi) is 2.33. The molecule has 54 valence electrons. The van der Waals surface area contributed by atoms with Gasteiger partial charge in [-0.15, -0.1) is 0 Å². The van der Waals surface area contributed by atoms with Gasteiger partial charge in [-0.3, -0.25) is 0 Å². The van der Waals surface area contributed by atoms with E-state index in [2.05, 4.69) is 22.9 Å². The Bertz CT molecular complexity index is 233. The average Bonchev–Trinajstić information content (AvgIpc) is 1.95. The average molecular weight is 200 g/mol. The van der Waals surface area contributed by atoms with Gasteiger partial charge >= 0.3 is 0 Å². The zero-order valence-corrected chi connectivity index (χ0v) is 7.48. The van der Waals surface area contributed by atoms with Crippen molar-refractivity contribution in [3.63, 3.8) is 0 Å². The van der Waals surface area contributed by atoms with Crippen LogP contribution in [0.5, 0.6) is 0 Å². The molecule has 0 aliphatic carbocycles. The minimum atomic E-state index is 0.866. The van der Waals surface area contributed by atoms with Crippen molar-refractivity contribution in [2.24, 2.45) is 0 Å². The lowest BCUT2D eigenvalue weighted by atomic mass is 10.1. The maximum absolute atomic E-state index is 5.75. The molecule has 0 aliphatic heterocycles. The maximum atomic E-state index is 5.75. The number of hydrogen-bond acceptors (Lipinski definition) is 1. The molecule has 0 unspecified atom stereocenters. The molecule has 1 rings (SSSR count). The fourth-order valence-corrected chi connectivity index (χ4v) is 1.30. The van der Waals surface area contributed by atoms with E-state index in [-0.39, 0.29) is 0 Å². The van der Waals surface area contributed by atoms with Gasteiger partial charge < -0.3 is 5.73 Å². The van der Waals surface area contributed by atoms with Crippen LogP contribution < -0.4 is 5.73 Å². The number of benzene rings is 1. The predicted molar refractivity (Wildman–Crippen MR) is 47.9 cm³/mol. The van der Waals surface area contributed by atoms with Gasteiger partial charge in [0.25, 0.3) is 0 Å². The Morgan fingerprint density at radius 3 is 2.70 bits per heavy atom. The van der Waals surface area contributed by atoms with E-state index in [0.29, 0.717) is 0 Å². The lowest BCUT2D eigenvalue weighted by Crippen LogP contribution is -1.92. The highest BCUT2D eigenvalue weighted by Crippen LogP contribution is 2.22. The molecule has 0 bridgehead atoms. The van der Waals surface area contributed by atoms with Crippen molar-refractivity contribution in [2.75, 3.05) is 5.73 Å².